The molecule has 0 atom stereocenters. The zero-order valence-corrected chi connectivity index (χ0v) is 34.3. The van der Waals surface area contributed by atoms with Crippen molar-refractivity contribution < 1.29 is 8.83 Å². The predicted molar refractivity (Wildman–Crippen MR) is 263 cm³/mol. The van der Waals surface area contributed by atoms with Gasteiger partial charge in [0, 0.05) is 50.2 Å². The largest absolute Gasteiger partial charge is 0.456 e. The van der Waals surface area contributed by atoms with E-state index in [0.717, 1.165) is 83.2 Å². The van der Waals surface area contributed by atoms with Gasteiger partial charge in [0.15, 0.2) is 0 Å². The van der Waals surface area contributed by atoms with Gasteiger partial charge in [-0.25, -0.2) is 0 Å². The van der Waals surface area contributed by atoms with Crippen molar-refractivity contribution in [3.63, 3.8) is 0 Å². The molecule has 0 aliphatic heterocycles. The van der Waals surface area contributed by atoms with Crippen LogP contribution in [-0.2, 0) is 0 Å². The lowest BCUT2D eigenvalue weighted by molar-refractivity contribution is 0.669. The second-order valence-corrected chi connectivity index (χ2v) is 16.0. The molecule has 0 fully saturated rings. The quantitative estimate of drug-likeness (QED) is 0.153. The van der Waals surface area contributed by atoms with E-state index >= 15 is 0 Å². The first kappa shape index (κ1) is 36.5. The molecule has 296 valence electrons. The van der Waals surface area contributed by atoms with E-state index in [0.29, 0.717) is 0 Å². The van der Waals surface area contributed by atoms with Crippen LogP contribution in [0.2, 0.25) is 0 Å². The summed E-state index contributed by atoms with van der Waals surface area (Å²) in [5.41, 5.74) is 18.1. The summed E-state index contributed by atoms with van der Waals surface area (Å²) in [6, 6.07) is 84.2. The maximum Gasteiger partial charge on any atom is 0.143 e. The zero-order chi connectivity index (χ0) is 41.7. The van der Waals surface area contributed by atoms with E-state index in [4.69, 9.17) is 8.83 Å². The maximum absolute atomic E-state index is 6.48. The summed E-state index contributed by atoms with van der Waals surface area (Å²) in [6.07, 6.45) is 0. The Morgan fingerprint density at radius 1 is 0.254 bits per heavy atom. The molecular weight excluding hydrogens is 767 g/mol. The summed E-state index contributed by atoms with van der Waals surface area (Å²) in [5.74, 6) is 0. The standard InChI is InChI=1S/C60H39NO2/c1-3-16-40(17-4-1)47-22-7-8-25-54(47)59-48(41-18-5-2-6-19-41)26-14-27-49(59)43-20-13-21-45(38-43)61(46-36-37-53-51-23-9-11-30-56(51)62-58(53)39-46)44-34-32-42(33-35-44)50-28-15-29-55-52-24-10-12-31-57(52)63-60(50)55/h1-39H. The minimum absolute atomic E-state index is 0.846. The predicted octanol–water partition coefficient (Wildman–Crippen LogP) is 17.3. The molecule has 0 N–H and O–H groups in total. The van der Waals surface area contributed by atoms with E-state index in [1.165, 1.54) is 33.4 Å². The van der Waals surface area contributed by atoms with E-state index in [2.05, 4.69) is 217 Å². The van der Waals surface area contributed by atoms with Crippen molar-refractivity contribution in [1.29, 1.82) is 0 Å². The first-order valence-electron chi connectivity index (χ1n) is 21.4. The third-order valence-electron chi connectivity index (χ3n) is 12.3. The van der Waals surface area contributed by atoms with Gasteiger partial charge >= 0.3 is 0 Å². The molecule has 0 aliphatic rings. The lowest BCUT2D eigenvalue weighted by Gasteiger charge is -2.27. The third-order valence-corrected chi connectivity index (χ3v) is 12.3. The van der Waals surface area contributed by atoms with E-state index in [1.54, 1.807) is 0 Å². The molecule has 12 rings (SSSR count). The summed E-state index contributed by atoms with van der Waals surface area (Å²) in [6.45, 7) is 0. The highest BCUT2D eigenvalue weighted by molar-refractivity contribution is 6.10. The molecule has 0 saturated carbocycles. The molecule has 3 heteroatoms. The minimum atomic E-state index is 0.846. The fraction of sp³-hybridized carbons (Fsp3) is 0. The van der Waals surface area contributed by atoms with Crippen molar-refractivity contribution in [2.75, 3.05) is 4.90 Å². The molecule has 0 saturated heterocycles. The average Bonchev–Trinajstić information content (AvgIpc) is 3.93. The third kappa shape index (κ3) is 6.38. The molecule has 0 spiro atoms. The van der Waals surface area contributed by atoms with Gasteiger partial charge in [0.2, 0.25) is 0 Å². The Morgan fingerprint density at radius 2 is 0.730 bits per heavy atom. The van der Waals surface area contributed by atoms with Crippen molar-refractivity contribution in [2.24, 2.45) is 0 Å². The number of furan rings is 2. The van der Waals surface area contributed by atoms with Crippen LogP contribution in [0.5, 0.6) is 0 Å². The summed E-state index contributed by atoms with van der Waals surface area (Å²) in [7, 11) is 0. The van der Waals surface area contributed by atoms with E-state index in [1.807, 2.05) is 24.3 Å². The molecule has 3 nitrogen and oxygen atoms in total. The average molecular weight is 806 g/mol. The molecule has 63 heavy (non-hydrogen) atoms. The van der Waals surface area contributed by atoms with Gasteiger partial charge in [-0.1, -0.05) is 182 Å². The summed E-state index contributed by atoms with van der Waals surface area (Å²) >= 11 is 0. The molecule has 0 radical (unpaired) electrons. The van der Waals surface area contributed by atoms with E-state index in [-0.39, 0.29) is 0 Å². The van der Waals surface area contributed by atoms with Crippen LogP contribution in [0.4, 0.5) is 17.1 Å². The smallest absolute Gasteiger partial charge is 0.143 e. The van der Waals surface area contributed by atoms with Gasteiger partial charge < -0.3 is 13.7 Å². The monoisotopic (exact) mass is 805 g/mol. The van der Waals surface area contributed by atoms with Gasteiger partial charge in [-0.05, 0) is 98.6 Å². The lowest BCUT2D eigenvalue weighted by Crippen LogP contribution is -2.10. The lowest BCUT2D eigenvalue weighted by atomic mass is 9.84. The molecule has 2 aromatic heterocycles. The number of fused-ring (bicyclic) bond motifs is 6. The Bertz CT molecular complexity index is 3620. The molecule has 0 bridgehead atoms. The second kappa shape index (κ2) is 15.3. The van der Waals surface area contributed by atoms with Crippen LogP contribution in [0.1, 0.15) is 0 Å². The van der Waals surface area contributed by atoms with Crippen molar-refractivity contribution in [3.8, 4) is 55.6 Å². The van der Waals surface area contributed by atoms with Crippen molar-refractivity contribution >= 4 is 60.9 Å². The second-order valence-electron chi connectivity index (χ2n) is 16.0. The molecule has 0 amide bonds. The molecular formula is C60H39NO2. The van der Waals surface area contributed by atoms with E-state index in [9.17, 15) is 0 Å². The Morgan fingerprint density at radius 3 is 1.49 bits per heavy atom. The topological polar surface area (TPSA) is 29.5 Å². The summed E-state index contributed by atoms with van der Waals surface area (Å²) in [4.78, 5) is 2.33. The van der Waals surface area contributed by atoms with Gasteiger partial charge in [0.05, 0.1) is 0 Å². The van der Waals surface area contributed by atoms with Gasteiger partial charge in [-0.3, -0.25) is 0 Å². The minimum Gasteiger partial charge on any atom is -0.456 e. The number of para-hydroxylation sites is 3. The number of nitrogens with zero attached hydrogens (tertiary/aromatic N) is 1. The molecule has 12 aromatic rings. The Hall–Kier alpha value is -8.40. The van der Waals surface area contributed by atoms with Crippen LogP contribution in [0, 0.1) is 0 Å². The van der Waals surface area contributed by atoms with Crippen LogP contribution in [-0.4, -0.2) is 0 Å². The van der Waals surface area contributed by atoms with E-state index < -0.39 is 0 Å². The van der Waals surface area contributed by atoms with Crippen molar-refractivity contribution in [1.82, 2.24) is 0 Å². The first-order chi connectivity index (χ1) is 31.2. The number of anilines is 3. The number of rotatable bonds is 8. The Balaban J connectivity index is 1.04. The van der Waals surface area contributed by atoms with Crippen LogP contribution in [0.25, 0.3) is 99.5 Å². The van der Waals surface area contributed by atoms with Crippen molar-refractivity contribution in [3.05, 3.63) is 237 Å². The molecule has 0 unspecified atom stereocenters. The van der Waals surface area contributed by atoms with Gasteiger partial charge in [0.1, 0.15) is 22.3 Å². The highest BCUT2D eigenvalue weighted by Gasteiger charge is 2.21. The number of benzene rings is 10. The van der Waals surface area contributed by atoms with Gasteiger partial charge in [-0.15, -0.1) is 0 Å². The van der Waals surface area contributed by atoms with Crippen molar-refractivity contribution in [2.45, 2.75) is 0 Å². The highest BCUT2D eigenvalue weighted by Crippen LogP contribution is 2.46. The first-order valence-corrected chi connectivity index (χ1v) is 21.4. The van der Waals surface area contributed by atoms with Crippen LogP contribution in [0.15, 0.2) is 245 Å². The molecule has 0 aliphatic carbocycles. The fourth-order valence-electron chi connectivity index (χ4n) is 9.39. The SMILES string of the molecule is c1ccc(-c2ccccc2-c2c(-c3ccccc3)cccc2-c2cccc(N(c3ccc(-c4cccc5c4oc4ccccc45)cc3)c3ccc4c(c3)oc3ccccc34)c2)cc1. The van der Waals surface area contributed by atoms with Crippen LogP contribution in [0.3, 0.4) is 0 Å². The zero-order valence-electron chi connectivity index (χ0n) is 34.3. The highest BCUT2D eigenvalue weighted by atomic mass is 16.3. The Labute approximate surface area is 365 Å². The van der Waals surface area contributed by atoms with Gasteiger partial charge in [0.25, 0.3) is 0 Å². The fourth-order valence-corrected chi connectivity index (χ4v) is 9.39. The number of hydrogen-bond acceptors (Lipinski definition) is 3. The van der Waals surface area contributed by atoms with Gasteiger partial charge in [-0.2, -0.15) is 0 Å². The van der Waals surface area contributed by atoms with Crippen LogP contribution >= 0.6 is 0 Å². The maximum atomic E-state index is 6.48. The molecule has 10 aromatic carbocycles. The number of hydrogen-bond donors (Lipinski definition) is 0. The Kier molecular flexibility index (Phi) is 8.83. The van der Waals surface area contributed by atoms with Crippen LogP contribution < -0.4 is 4.90 Å². The molecule has 2 heterocycles. The summed E-state index contributed by atoms with van der Waals surface area (Å²) < 4.78 is 12.9. The summed E-state index contributed by atoms with van der Waals surface area (Å²) in [5, 5.41) is 4.45. The normalized spacial score (nSPS) is 11.5.